The van der Waals surface area contributed by atoms with E-state index in [1.807, 2.05) is 0 Å². The summed E-state index contributed by atoms with van der Waals surface area (Å²) >= 11 is 0. The smallest absolute Gasteiger partial charge is 0.0471 e. The summed E-state index contributed by atoms with van der Waals surface area (Å²) in [6.07, 6.45) is 6.72. The molecule has 0 radical (unpaired) electrons. The third-order valence-electron chi connectivity index (χ3n) is 4.85. The van der Waals surface area contributed by atoms with Crippen molar-refractivity contribution in [2.45, 2.75) is 38.1 Å². The fourth-order valence-corrected chi connectivity index (χ4v) is 3.67. The summed E-state index contributed by atoms with van der Waals surface area (Å²) in [7, 11) is 0. The van der Waals surface area contributed by atoms with E-state index >= 15 is 0 Å². The number of nitrogens with zero attached hydrogens (tertiary/aromatic N) is 1. The highest BCUT2D eigenvalue weighted by atomic mass is 16.5. The van der Waals surface area contributed by atoms with Crippen LogP contribution in [0.4, 0.5) is 0 Å². The minimum absolute atomic E-state index is 0.628. The maximum Gasteiger partial charge on any atom is 0.0471 e. The first-order chi connectivity index (χ1) is 7.88. The molecule has 3 nitrogen and oxygen atoms in total. The van der Waals surface area contributed by atoms with Crippen LogP contribution in [0.2, 0.25) is 0 Å². The predicted molar refractivity (Wildman–Crippen MR) is 64.6 cm³/mol. The monoisotopic (exact) mass is 224 g/mol. The summed E-state index contributed by atoms with van der Waals surface area (Å²) in [5.74, 6) is 0. The summed E-state index contributed by atoms with van der Waals surface area (Å²) in [5, 5.41) is 3.46. The number of hydrogen-bond donors (Lipinski definition) is 1. The van der Waals surface area contributed by atoms with Crippen LogP contribution in [0.25, 0.3) is 0 Å². The Kier molecular flexibility index (Phi) is 3.18. The Balaban J connectivity index is 1.58. The molecule has 3 aliphatic rings. The van der Waals surface area contributed by atoms with Gasteiger partial charge in [0.1, 0.15) is 0 Å². The van der Waals surface area contributed by atoms with Gasteiger partial charge in [0.2, 0.25) is 0 Å². The van der Waals surface area contributed by atoms with E-state index in [1.165, 1.54) is 58.3 Å². The van der Waals surface area contributed by atoms with Crippen molar-refractivity contribution in [3.8, 4) is 0 Å². The molecule has 3 saturated heterocycles. The molecule has 0 unspecified atom stereocenters. The summed E-state index contributed by atoms with van der Waals surface area (Å²) in [4.78, 5) is 2.77. The summed E-state index contributed by atoms with van der Waals surface area (Å²) in [6, 6.07) is 0.864. The molecule has 3 rings (SSSR count). The van der Waals surface area contributed by atoms with Crippen LogP contribution in [0.5, 0.6) is 0 Å². The van der Waals surface area contributed by atoms with Gasteiger partial charge >= 0.3 is 0 Å². The number of rotatable bonds is 1. The molecule has 3 fully saturated rings. The van der Waals surface area contributed by atoms with Crippen LogP contribution in [0, 0.1) is 5.41 Å². The lowest BCUT2D eigenvalue weighted by Gasteiger charge is -2.36. The van der Waals surface area contributed by atoms with E-state index in [0.717, 1.165) is 19.3 Å². The van der Waals surface area contributed by atoms with E-state index in [0.29, 0.717) is 5.41 Å². The topological polar surface area (TPSA) is 24.5 Å². The Hall–Kier alpha value is -0.120. The van der Waals surface area contributed by atoms with Gasteiger partial charge in [0.25, 0.3) is 0 Å². The molecule has 3 heterocycles. The first-order valence-electron chi connectivity index (χ1n) is 6.91. The molecule has 0 atom stereocenters. The van der Waals surface area contributed by atoms with Crippen molar-refractivity contribution in [1.82, 2.24) is 10.2 Å². The minimum atomic E-state index is 0.628. The van der Waals surface area contributed by atoms with E-state index in [1.54, 1.807) is 0 Å². The number of ether oxygens (including phenoxy) is 1. The molecule has 0 aromatic heterocycles. The van der Waals surface area contributed by atoms with Gasteiger partial charge in [0.05, 0.1) is 0 Å². The van der Waals surface area contributed by atoms with Crippen LogP contribution in [-0.2, 0) is 4.74 Å². The third kappa shape index (κ3) is 2.13. The maximum absolute atomic E-state index is 5.51. The first kappa shape index (κ1) is 11.0. The van der Waals surface area contributed by atoms with Crippen LogP contribution in [0.15, 0.2) is 0 Å². The number of likely N-dealkylation sites (tertiary alicyclic amines) is 1. The zero-order valence-electron chi connectivity index (χ0n) is 10.2. The average Bonchev–Trinajstić information content (AvgIpc) is 2.75. The third-order valence-corrected chi connectivity index (χ3v) is 4.85. The van der Waals surface area contributed by atoms with Gasteiger partial charge in [-0.3, -0.25) is 4.90 Å². The Morgan fingerprint density at radius 2 is 1.81 bits per heavy atom. The highest BCUT2D eigenvalue weighted by Crippen LogP contribution is 2.40. The first-order valence-corrected chi connectivity index (χ1v) is 6.91. The van der Waals surface area contributed by atoms with E-state index in [4.69, 9.17) is 4.74 Å². The summed E-state index contributed by atoms with van der Waals surface area (Å²) in [6.45, 7) is 7.13. The Morgan fingerprint density at radius 3 is 2.56 bits per heavy atom. The predicted octanol–water partition coefficient (Wildman–Crippen LogP) is 1.24. The SMILES string of the molecule is C1CC(N2CCC3(CCOCC3)C2)CCN1. The van der Waals surface area contributed by atoms with E-state index in [9.17, 15) is 0 Å². The molecule has 0 amide bonds. The highest BCUT2D eigenvalue weighted by molar-refractivity contribution is 4.94. The Morgan fingerprint density at radius 1 is 1.06 bits per heavy atom. The number of nitrogens with one attached hydrogen (secondary N) is 1. The standard InChI is InChI=1S/C13H24N2O/c1-6-14-7-2-12(1)15-8-3-13(11-15)4-9-16-10-5-13/h12,14H,1-11H2. The van der Waals surface area contributed by atoms with Gasteiger partial charge in [-0.2, -0.15) is 0 Å². The lowest BCUT2D eigenvalue weighted by Crippen LogP contribution is -2.43. The molecule has 92 valence electrons. The van der Waals surface area contributed by atoms with Gasteiger partial charge in [-0.05, 0) is 57.2 Å². The molecular formula is C13H24N2O. The molecule has 0 bridgehead atoms. The van der Waals surface area contributed by atoms with Crippen LogP contribution in [0.3, 0.4) is 0 Å². The molecule has 0 aromatic rings. The molecular weight excluding hydrogens is 200 g/mol. The summed E-state index contributed by atoms with van der Waals surface area (Å²) in [5.41, 5.74) is 0.628. The van der Waals surface area contributed by atoms with E-state index in [-0.39, 0.29) is 0 Å². The maximum atomic E-state index is 5.51. The second-order valence-electron chi connectivity index (χ2n) is 5.81. The normalized spacial score (nSPS) is 32.2. The zero-order chi connectivity index (χ0) is 10.8. The van der Waals surface area contributed by atoms with Crippen LogP contribution < -0.4 is 5.32 Å². The fourth-order valence-electron chi connectivity index (χ4n) is 3.67. The van der Waals surface area contributed by atoms with Crippen molar-refractivity contribution in [1.29, 1.82) is 0 Å². The van der Waals surface area contributed by atoms with Crippen molar-refractivity contribution in [3.63, 3.8) is 0 Å². The quantitative estimate of drug-likeness (QED) is 0.725. The molecule has 3 aliphatic heterocycles. The van der Waals surface area contributed by atoms with Crippen molar-refractivity contribution < 1.29 is 4.74 Å². The summed E-state index contributed by atoms with van der Waals surface area (Å²) < 4.78 is 5.51. The van der Waals surface area contributed by atoms with Gasteiger partial charge < -0.3 is 10.1 Å². The van der Waals surface area contributed by atoms with Crippen molar-refractivity contribution in [2.75, 3.05) is 39.4 Å². The van der Waals surface area contributed by atoms with Crippen LogP contribution in [-0.4, -0.2) is 50.3 Å². The van der Waals surface area contributed by atoms with Gasteiger partial charge in [-0.1, -0.05) is 0 Å². The van der Waals surface area contributed by atoms with Crippen molar-refractivity contribution in [3.05, 3.63) is 0 Å². The van der Waals surface area contributed by atoms with Gasteiger partial charge in [-0.25, -0.2) is 0 Å². The van der Waals surface area contributed by atoms with Crippen LogP contribution >= 0.6 is 0 Å². The highest BCUT2D eigenvalue weighted by Gasteiger charge is 2.41. The molecule has 0 saturated carbocycles. The molecule has 0 aliphatic carbocycles. The lowest BCUT2D eigenvalue weighted by molar-refractivity contribution is 0.0162. The minimum Gasteiger partial charge on any atom is -0.381 e. The van der Waals surface area contributed by atoms with Gasteiger partial charge in [-0.15, -0.1) is 0 Å². The van der Waals surface area contributed by atoms with E-state index in [2.05, 4.69) is 10.2 Å². The molecule has 0 aromatic carbocycles. The van der Waals surface area contributed by atoms with Gasteiger partial charge in [0.15, 0.2) is 0 Å². The Labute approximate surface area is 98.5 Å². The second-order valence-corrected chi connectivity index (χ2v) is 5.81. The van der Waals surface area contributed by atoms with E-state index < -0.39 is 0 Å². The zero-order valence-corrected chi connectivity index (χ0v) is 10.2. The van der Waals surface area contributed by atoms with Crippen molar-refractivity contribution in [2.24, 2.45) is 5.41 Å². The molecule has 1 N–H and O–H groups in total. The second kappa shape index (κ2) is 4.63. The van der Waals surface area contributed by atoms with Crippen LogP contribution in [0.1, 0.15) is 32.1 Å². The van der Waals surface area contributed by atoms with Crippen molar-refractivity contribution >= 4 is 0 Å². The van der Waals surface area contributed by atoms with Gasteiger partial charge in [0, 0.05) is 25.8 Å². The molecule has 1 spiro atoms. The number of hydrogen-bond acceptors (Lipinski definition) is 3. The average molecular weight is 224 g/mol. The largest absolute Gasteiger partial charge is 0.381 e. The fraction of sp³-hybridized carbons (Fsp3) is 1.00. The molecule has 3 heteroatoms. The lowest BCUT2D eigenvalue weighted by atomic mass is 9.79. The molecule has 16 heavy (non-hydrogen) atoms. The Bertz CT molecular complexity index is 232. The number of piperidine rings is 1.